The van der Waals surface area contributed by atoms with Crippen LogP contribution in [0.4, 0.5) is 0 Å². The van der Waals surface area contributed by atoms with E-state index in [4.69, 9.17) is 0 Å². The van der Waals surface area contributed by atoms with Gasteiger partial charge in [0.2, 0.25) is 0 Å². The molecule has 82 valence electrons. The number of nitrogens with two attached hydrogens (primary N) is 1. The molecule has 0 amide bonds. The summed E-state index contributed by atoms with van der Waals surface area (Å²) in [5.41, 5.74) is 1.42. The number of hydrogen-bond acceptors (Lipinski definition) is 1. The molecule has 1 saturated heterocycles. The molecule has 1 atom stereocenters. The van der Waals surface area contributed by atoms with Gasteiger partial charge in [-0.15, -0.1) is 0 Å². The molecule has 3 nitrogen and oxygen atoms in total. The van der Waals surface area contributed by atoms with Crippen LogP contribution in [0.25, 0.3) is 0 Å². The third-order valence-electron chi connectivity index (χ3n) is 3.16. The zero-order chi connectivity index (χ0) is 10.3. The van der Waals surface area contributed by atoms with E-state index < -0.39 is 0 Å². The summed E-state index contributed by atoms with van der Waals surface area (Å²) in [6.45, 7) is 6.56. The average molecular weight is 207 g/mol. The lowest BCUT2D eigenvalue weighted by Gasteiger charge is -2.15. The Bertz CT molecular complexity index is 265. The SMILES string of the molecule is c1cc(CC[NH+]2CCC[NH2+]CC2)ccn1. The summed E-state index contributed by atoms with van der Waals surface area (Å²) in [6.07, 6.45) is 6.34. The fourth-order valence-corrected chi connectivity index (χ4v) is 2.19. The van der Waals surface area contributed by atoms with E-state index in [-0.39, 0.29) is 0 Å². The maximum Gasteiger partial charge on any atom is 0.127 e. The Kier molecular flexibility index (Phi) is 4.11. The summed E-state index contributed by atoms with van der Waals surface area (Å²) < 4.78 is 0. The molecule has 1 aliphatic rings. The van der Waals surface area contributed by atoms with Crippen molar-refractivity contribution in [1.29, 1.82) is 0 Å². The maximum atomic E-state index is 4.04. The number of hydrogen-bond donors (Lipinski definition) is 2. The molecule has 0 aromatic carbocycles. The van der Waals surface area contributed by atoms with Crippen molar-refractivity contribution in [1.82, 2.24) is 4.98 Å². The van der Waals surface area contributed by atoms with Crippen molar-refractivity contribution in [3.05, 3.63) is 30.1 Å². The van der Waals surface area contributed by atoms with Gasteiger partial charge in [0.05, 0.1) is 19.6 Å². The average Bonchev–Trinajstić information content (AvgIpc) is 2.56. The van der Waals surface area contributed by atoms with Crippen LogP contribution in [0, 0.1) is 0 Å². The molecular formula is C12H21N3+2. The Labute approximate surface area is 91.5 Å². The first-order chi connectivity index (χ1) is 7.45. The second kappa shape index (κ2) is 5.83. The van der Waals surface area contributed by atoms with Crippen molar-refractivity contribution >= 4 is 0 Å². The first-order valence-corrected chi connectivity index (χ1v) is 5.99. The molecule has 1 aromatic heterocycles. The highest BCUT2D eigenvalue weighted by Gasteiger charge is 2.12. The molecule has 0 spiro atoms. The van der Waals surface area contributed by atoms with Gasteiger partial charge in [-0.1, -0.05) is 0 Å². The highest BCUT2D eigenvalue weighted by atomic mass is 15.1. The Morgan fingerprint density at radius 3 is 2.93 bits per heavy atom. The summed E-state index contributed by atoms with van der Waals surface area (Å²) in [4.78, 5) is 5.81. The quantitative estimate of drug-likeness (QED) is 0.620. The molecule has 15 heavy (non-hydrogen) atoms. The topological polar surface area (TPSA) is 33.9 Å². The predicted molar refractivity (Wildman–Crippen MR) is 59.8 cm³/mol. The Morgan fingerprint density at radius 1 is 1.20 bits per heavy atom. The van der Waals surface area contributed by atoms with Crippen LogP contribution in [-0.2, 0) is 6.42 Å². The lowest BCUT2D eigenvalue weighted by molar-refractivity contribution is -0.904. The minimum atomic E-state index is 1.19. The molecule has 1 aromatic rings. The van der Waals surface area contributed by atoms with Gasteiger partial charge in [0.15, 0.2) is 0 Å². The van der Waals surface area contributed by atoms with Crippen LogP contribution in [-0.4, -0.2) is 37.7 Å². The fraction of sp³-hybridized carbons (Fsp3) is 0.583. The number of nitrogens with zero attached hydrogens (tertiary/aromatic N) is 1. The van der Waals surface area contributed by atoms with Gasteiger partial charge in [-0.2, -0.15) is 0 Å². The number of rotatable bonds is 3. The van der Waals surface area contributed by atoms with Crippen molar-refractivity contribution in [2.24, 2.45) is 0 Å². The van der Waals surface area contributed by atoms with E-state index in [0.717, 1.165) is 0 Å². The molecule has 0 radical (unpaired) electrons. The third-order valence-corrected chi connectivity index (χ3v) is 3.16. The molecule has 1 aliphatic heterocycles. The van der Waals surface area contributed by atoms with Crippen molar-refractivity contribution in [3.63, 3.8) is 0 Å². The lowest BCUT2D eigenvalue weighted by Crippen LogP contribution is -3.13. The minimum Gasteiger partial charge on any atom is -0.341 e. The number of aromatic nitrogens is 1. The number of nitrogens with one attached hydrogen (secondary N) is 1. The van der Waals surface area contributed by atoms with Gasteiger partial charge in [0.1, 0.15) is 13.1 Å². The summed E-state index contributed by atoms with van der Waals surface area (Å²) >= 11 is 0. The van der Waals surface area contributed by atoms with Crippen LogP contribution in [0.5, 0.6) is 0 Å². The van der Waals surface area contributed by atoms with Crippen LogP contribution in [0.3, 0.4) is 0 Å². The zero-order valence-corrected chi connectivity index (χ0v) is 9.28. The van der Waals surface area contributed by atoms with E-state index in [2.05, 4.69) is 22.4 Å². The molecule has 1 unspecified atom stereocenters. The molecule has 3 N–H and O–H groups in total. The zero-order valence-electron chi connectivity index (χ0n) is 9.28. The van der Waals surface area contributed by atoms with Gasteiger partial charge >= 0.3 is 0 Å². The maximum absolute atomic E-state index is 4.04. The molecular weight excluding hydrogens is 186 g/mol. The normalized spacial score (nSPS) is 22.3. The van der Waals surface area contributed by atoms with Crippen LogP contribution < -0.4 is 10.2 Å². The summed E-state index contributed by atoms with van der Waals surface area (Å²) in [6, 6.07) is 4.26. The van der Waals surface area contributed by atoms with Crippen molar-refractivity contribution in [2.45, 2.75) is 12.8 Å². The fourth-order valence-electron chi connectivity index (χ4n) is 2.19. The van der Waals surface area contributed by atoms with Crippen molar-refractivity contribution in [2.75, 3.05) is 32.7 Å². The molecule has 0 bridgehead atoms. The highest BCUT2D eigenvalue weighted by molar-refractivity contribution is 5.09. The van der Waals surface area contributed by atoms with Crippen LogP contribution in [0.1, 0.15) is 12.0 Å². The predicted octanol–water partition coefficient (Wildman–Crippen LogP) is -1.52. The van der Waals surface area contributed by atoms with E-state index >= 15 is 0 Å². The second-order valence-corrected chi connectivity index (χ2v) is 4.33. The highest BCUT2D eigenvalue weighted by Crippen LogP contribution is 1.94. The summed E-state index contributed by atoms with van der Waals surface area (Å²) in [5, 5.41) is 2.44. The Hall–Kier alpha value is -0.930. The van der Waals surface area contributed by atoms with Crippen molar-refractivity contribution in [3.8, 4) is 0 Å². The van der Waals surface area contributed by atoms with Crippen LogP contribution in [0.15, 0.2) is 24.5 Å². The van der Waals surface area contributed by atoms with E-state index in [1.165, 1.54) is 51.1 Å². The molecule has 3 heteroatoms. The smallest absolute Gasteiger partial charge is 0.127 e. The third kappa shape index (κ3) is 3.61. The van der Waals surface area contributed by atoms with Gasteiger partial charge in [-0.25, -0.2) is 0 Å². The molecule has 0 aliphatic carbocycles. The first kappa shape index (κ1) is 10.6. The van der Waals surface area contributed by atoms with Gasteiger partial charge in [-0.3, -0.25) is 4.98 Å². The van der Waals surface area contributed by atoms with E-state index in [1.54, 1.807) is 4.90 Å². The Balaban J connectivity index is 1.77. The molecule has 2 heterocycles. The van der Waals surface area contributed by atoms with E-state index in [1.807, 2.05) is 12.4 Å². The van der Waals surface area contributed by atoms with Crippen LogP contribution >= 0.6 is 0 Å². The second-order valence-electron chi connectivity index (χ2n) is 4.33. The monoisotopic (exact) mass is 207 g/mol. The largest absolute Gasteiger partial charge is 0.341 e. The molecule has 0 saturated carbocycles. The minimum absolute atomic E-state index is 1.19. The van der Waals surface area contributed by atoms with E-state index in [0.29, 0.717) is 0 Å². The van der Waals surface area contributed by atoms with Gasteiger partial charge in [0.25, 0.3) is 0 Å². The first-order valence-electron chi connectivity index (χ1n) is 5.99. The van der Waals surface area contributed by atoms with Crippen molar-refractivity contribution < 1.29 is 10.2 Å². The summed E-state index contributed by atoms with van der Waals surface area (Å²) in [5.74, 6) is 0. The standard InChI is InChI=1S/C12H19N3/c1-5-13-8-11-15(9-1)10-4-12-2-6-14-7-3-12/h2-3,6-7,13H,1,4-5,8-11H2/p+2. The number of quaternary nitrogens is 2. The molecule has 1 fully saturated rings. The summed E-state index contributed by atoms with van der Waals surface area (Å²) in [7, 11) is 0. The van der Waals surface area contributed by atoms with Crippen LogP contribution in [0.2, 0.25) is 0 Å². The lowest BCUT2D eigenvalue weighted by atomic mass is 10.2. The van der Waals surface area contributed by atoms with Gasteiger partial charge < -0.3 is 10.2 Å². The van der Waals surface area contributed by atoms with E-state index in [9.17, 15) is 0 Å². The Morgan fingerprint density at radius 2 is 2.07 bits per heavy atom. The van der Waals surface area contributed by atoms with Gasteiger partial charge in [0, 0.05) is 25.2 Å². The van der Waals surface area contributed by atoms with Gasteiger partial charge in [-0.05, 0) is 17.7 Å². The number of pyridine rings is 1. The molecule has 2 rings (SSSR count).